The summed E-state index contributed by atoms with van der Waals surface area (Å²) in [6.07, 6.45) is 1.80. The first-order chi connectivity index (χ1) is 9.15. The lowest BCUT2D eigenvalue weighted by Gasteiger charge is -2.03. The van der Waals surface area contributed by atoms with Gasteiger partial charge in [-0.05, 0) is 38.1 Å². The van der Waals surface area contributed by atoms with Crippen LogP contribution in [0.4, 0.5) is 0 Å². The first kappa shape index (κ1) is 13.1. The third-order valence-corrected chi connectivity index (χ3v) is 2.70. The van der Waals surface area contributed by atoms with E-state index < -0.39 is 5.97 Å². The second-order valence-corrected chi connectivity index (χ2v) is 4.02. The Hall–Kier alpha value is -2.30. The second kappa shape index (κ2) is 5.56. The number of hydrogen-bond acceptors (Lipinski definition) is 4. The predicted molar refractivity (Wildman–Crippen MR) is 70.8 cm³/mol. The van der Waals surface area contributed by atoms with Gasteiger partial charge in [-0.1, -0.05) is 0 Å². The molecule has 0 bridgehead atoms. The van der Waals surface area contributed by atoms with Gasteiger partial charge in [0, 0.05) is 11.8 Å². The molecular weight excluding hydrogens is 244 g/mol. The molecule has 5 heteroatoms. The lowest BCUT2D eigenvalue weighted by atomic mass is 10.3. The average molecular weight is 260 g/mol. The summed E-state index contributed by atoms with van der Waals surface area (Å²) < 4.78 is 11.7. The Morgan fingerprint density at radius 1 is 1.32 bits per heavy atom. The van der Waals surface area contributed by atoms with Gasteiger partial charge in [0.25, 0.3) is 0 Å². The largest absolute Gasteiger partial charge is 0.497 e. The van der Waals surface area contributed by atoms with Crippen LogP contribution in [0.15, 0.2) is 30.5 Å². The summed E-state index contributed by atoms with van der Waals surface area (Å²) in [6.45, 7) is 3.95. The monoisotopic (exact) mass is 260 g/mol. The van der Waals surface area contributed by atoms with Crippen LogP contribution in [0, 0.1) is 6.92 Å². The third kappa shape index (κ3) is 2.76. The number of hydrogen-bond donors (Lipinski definition) is 0. The van der Waals surface area contributed by atoms with Gasteiger partial charge < -0.3 is 9.47 Å². The highest BCUT2D eigenvalue weighted by Crippen LogP contribution is 2.16. The van der Waals surface area contributed by atoms with Crippen LogP contribution in [-0.4, -0.2) is 29.5 Å². The van der Waals surface area contributed by atoms with Crippen molar-refractivity contribution >= 4 is 5.97 Å². The van der Waals surface area contributed by atoms with Crippen LogP contribution in [-0.2, 0) is 4.74 Å². The summed E-state index contributed by atoms with van der Waals surface area (Å²) in [5.74, 6) is 0.380. The number of rotatable bonds is 4. The molecule has 2 aromatic rings. The Labute approximate surface area is 111 Å². The molecule has 0 unspecified atom stereocenters. The molecule has 19 heavy (non-hydrogen) atoms. The zero-order valence-corrected chi connectivity index (χ0v) is 11.2. The first-order valence-corrected chi connectivity index (χ1v) is 6.03. The first-order valence-electron chi connectivity index (χ1n) is 6.03. The van der Waals surface area contributed by atoms with Crippen LogP contribution in [0.3, 0.4) is 0 Å². The van der Waals surface area contributed by atoms with E-state index in [9.17, 15) is 4.79 Å². The van der Waals surface area contributed by atoms with Crippen molar-refractivity contribution in [3.05, 3.63) is 41.7 Å². The normalized spacial score (nSPS) is 10.3. The molecule has 0 aliphatic rings. The fourth-order valence-corrected chi connectivity index (χ4v) is 1.73. The minimum absolute atomic E-state index is 0.341. The summed E-state index contributed by atoms with van der Waals surface area (Å²) >= 11 is 0. The Bertz CT molecular complexity index is 573. The Morgan fingerprint density at radius 2 is 2.00 bits per heavy atom. The minimum atomic E-state index is -0.396. The van der Waals surface area contributed by atoms with Gasteiger partial charge in [-0.2, -0.15) is 5.10 Å². The number of methoxy groups -OCH3 is 1. The average Bonchev–Trinajstić information content (AvgIpc) is 2.81. The second-order valence-electron chi connectivity index (χ2n) is 4.02. The molecule has 0 saturated heterocycles. The fourth-order valence-electron chi connectivity index (χ4n) is 1.73. The van der Waals surface area contributed by atoms with Crippen molar-refractivity contribution in [2.24, 2.45) is 0 Å². The molecule has 100 valence electrons. The molecule has 0 atom stereocenters. The number of aromatic nitrogens is 2. The summed E-state index contributed by atoms with van der Waals surface area (Å²) in [5, 5.41) is 4.26. The maximum Gasteiger partial charge on any atom is 0.359 e. The predicted octanol–water partition coefficient (Wildman–Crippen LogP) is 2.37. The van der Waals surface area contributed by atoms with Crippen LogP contribution < -0.4 is 4.74 Å². The van der Waals surface area contributed by atoms with Crippen molar-refractivity contribution in [1.82, 2.24) is 9.78 Å². The van der Waals surface area contributed by atoms with Crippen LogP contribution in [0.1, 0.15) is 23.0 Å². The van der Waals surface area contributed by atoms with E-state index in [-0.39, 0.29) is 0 Å². The number of carbonyl (C=O) groups excluding carboxylic acids is 1. The van der Waals surface area contributed by atoms with Crippen molar-refractivity contribution in [1.29, 1.82) is 0 Å². The molecule has 0 saturated carbocycles. The number of carbonyl (C=O) groups is 1. The number of esters is 1. The highest BCUT2D eigenvalue weighted by molar-refractivity contribution is 5.88. The van der Waals surface area contributed by atoms with Gasteiger partial charge in [0.05, 0.1) is 19.4 Å². The number of nitrogens with zero attached hydrogens (tertiary/aromatic N) is 2. The van der Waals surface area contributed by atoms with E-state index in [0.717, 1.165) is 17.0 Å². The molecule has 0 amide bonds. The van der Waals surface area contributed by atoms with Crippen LogP contribution in [0.2, 0.25) is 0 Å². The van der Waals surface area contributed by atoms with E-state index in [0.29, 0.717) is 12.3 Å². The van der Waals surface area contributed by atoms with Gasteiger partial charge in [-0.15, -0.1) is 0 Å². The summed E-state index contributed by atoms with van der Waals surface area (Å²) in [4.78, 5) is 11.7. The zero-order chi connectivity index (χ0) is 13.8. The Kier molecular flexibility index (Phi) is 3.85. The lowest BCUT2D eigenvalue weighted by molar-refractivity contribution is 0.0518. The van der Waals surface area contributed by atoms with Gasteiger partial charge >= 0.3 is 5.97 Å². The molecule has 2 rings (SSSR count). The standard InChI is InChI=1S/C14H16N2O3/c1-4-19-14(17)13-10(2)9-16(15-13)11-5-7-12(18-3)8-6-11/h5-9H,4H2,1-3H3. The minimum Gasteiger partial charge on any atom is -0.497 e. The van der Waals surface area contributed by atoms with Gasteiger partial charge in [0.15, 0.2) is 5.69 Å². The molecule has 0 aliphatic carbocycles. The third-order valence-electron chi connectivity index (χ3n) is 2.70. The molecule has 1 heterocycles. The fraction of sp³-hybridized carbons (Fsp3) is 0.286. The van der Waals surface area contributed by atoms with Gasteiger partial charge in [-0.3, -0.25) is 0 Å². The maximum absolute atomic E-state index is 11.7. The van der Waals surface area contributed by atoms with Crippen LogP contribution >= 0.6 is 0 Å². The molecule has 0 aliphatic heterocycles. The van der Waals surface area contributed by atoms with Crippen molar-refractivity contribution < 1.29 is 14.3 Å². The SMILES string of the molecule is CCOC(=O)c1nn(-c2ccc(OC)cc2)cc1C. The molecule has 5 nitrogen and oxygen atoms in total. The van der Waals surface area contributed by atoms with Crippen molar-refractivity contribution in [3.63, 3.8) is 0 Å². The number of aryl methyl sites for hydroxylation is 1. The quantitative estimate of drug-likeness (QED) is 0.792. The van der Waals surface area contributed by atoms with Crippen LogP contribution in [0.5, 0.6) is 5.75 Å². The molecule has 1 aromatic heterocycles. The molecule has 0 fully saturated rings. The zero-order valence-electron chi connectivity index (χ0n) is 11.2. The molecular formula is C14H16N2O3. The maximum atomic E-state index is 11.7. The van der Waals surface area contributed by atoms with Gasteiger partial charge in [0.1, 0.15) is 5.75 Å². The summed E-state index contributed by atoms with van der Waals surface area (Å²) in [6, 6.07) is 7.44. The highest BCUT2D eigenvalue weighted by atomic mass is 16.5. The van der Waals surface area contributed by atoms with Crippen molar-refractivity contribution in [2.45, 2.75) is 13.8 Å². The van der Waals surface area contributed by atoms with E-state index in [1.54, 1.807) is 24.9 Å². The molecule has 0 radical (unpaired) electrons. The van der Waals surface area contributed by atoms with Crippen LogP contribution in [0.25, 0.3) is 5.69 Å². The number of benzene rings is 1. The van der Waals surface area contributed by atoms with Gasteiger partial charge in [0.2, 0.25) is 0 Å². The van der Waals surface area contributed by atoms with Crippen molar-refractivity contribution in [2.75, 3.05) is 13.7 Å². The lowest BCUT2D eigenvalue weighted by Crippen LogP contribution is -2.07. The van der Waals surface area contributed by atoms with E-state index in [2.05, 4.69) is 5.10 Å². The van der Waals surface area contributed by atoms with E-state index in [1.165, 1.54) is 0 Å². The summed E-state index contributed by atoms with van der Waals surface area (Å²) in [5.41, 5.74) is 1.99. The van der Waals surface area contributed by atoms with E-state index in [4.69, 9.17) is 9.47 Å². The Balaban J connectivity index is 2.30. The topological polar surface area (TPSA) is 53.3 Å². The molecule has 0 N–H and O–H groups in total. The number of ether oxygens (including phenoxy) is 2. The van der Waals surface area contributed by atoms with E-state index in [1.807, 2.05) is 31.2 Å². The van der Waals surface area contributed by atoms with Crippen molar-refractivity contribution in [3.8, 4) is 11.4 Å². The molecule has 0 spiro atoms. The smallest absolute Gasteiger partial charge is 0.359 e. The Morgan fingerprint density at radius 3 is 2.58 bits per heavy atom. The highest BCUT2D eigenvalue weighted by Gasteiger charge is 2.15. The van der Waals surface area contributed by atoms with Gasteiger partial charge in [-0.25, -0.2) is 9.48 Å². The van der Waals surface area contributed by atoms with E-state index >= 15 is 0 Å². The molecule has 1 aromatic carbocycles. The summed E-state index contributed by atoms with van der Waals surface area (Å²) in [7, 11) is 1.62.